The molecule has 0 aliphatic heterocycles. The van der Waals surface area contributed by atoms with E-state index in [1.54, 1.807) is 0 Å². The van der Waals surface area contributed by atoms with Crippen molar-refractivity contribution in [3.05, 3.63) is 122 Å². The molecule has 2 unspecified atom stereocenters. The lowest BCUT2D eigenvalue weighted by Crippen LogP contribution is -2.44. The maximum atomic E-state index is 12.8. The second kappa shape index (κ2) is 52.0. The Labute approximate surface area is 434 Å². The molecule has 71 heavy (non-hydrogen) atoms. The zero-order valence-electron chi connectivity index (χ0n) is 45.5. The van der Waals surface area contributed by atoms with E-state index >= 15 is 0 Å². The average Bonchev–Trinajstić information content (AvgIpc) is 3.34. The summed E-state index contributed by atoms with van der Waals surface area (Å²) in [6.45, 7) is 4.54. The van der Waals surface area contributed by atoms with Crippen molar-refractivity contribution in [2.45, 2.75) is 206 Å². The van der Waals surface area contributed by atoms with Gasteiger partial charge in [0, 0.05) is 12.8 Å². The molecule has 2 atom stereocenters. The highest BCUT2D eigenvalue weighted by atomic mass is 16.7. The molecular formula is C62H101NO8. The Morgan fingerprint density at radius 3 is 1.20 bits per heavy atom. The van der Waals surface area contributed by atoms with Crippen molar-refractivity contribution in [1.29, 1.82) is 0 Å². The SMILES string of the molecule is CC/C=C\C/C=C\C/C=C\C/C=C\C/C=C\C/C=C\C/C=C\C/C=C\CCCCCCC(=O)OC(COC(=O)CCCCCCCCC/C=C\C/C=C\CCCCC)COC(OCC[N+](C)(C)C)C(=O)[O-]. The summed E-state index contributed by atoms with van der Waals surface area (Å²) in [5, 5.41) is 11.8. The van der Waals surface area contributed by atoms with Gasteiger partial charge in [-0.05, 0) is 109 Å². The summed E-state index contributed by atoms with van der Waals surface area (Å²) in [5.41, 5.74) is 0. The molecule has 0 aliphatic carbocycles. The smallest absolute Gasteiger partial charge is 0.306 e. The van der Waals surface area contributed by atoms with Gasteiger partial charge in [0.15, 0.2) is 12.4 Å². The van der Waals surface area contributed by atoms with Crippen molar-refractivity contribution in [2.24, 2.45) is 0 Å². The van der Waals surface area contributed by atoms with E-state index in [-0.39, 0.29) is 38.6 Å². The predicted molar refractivity (Wildman–Crippen MR) is 296 cm³/mol. The largest absolute Gasteiger partial charge is 0.545 e. The predicted octanol–water partition coefficient (Wildman–Crippen LogP) is 14.8. The maximum absolute atomic E-state index is 12.8. The van der Waals surface area contributed by atoms with E-state index in [4.69, 9.17) is 18.9 Å². The van der Waals surface area contributed by atoms with Crippen LogP contribution in [0.3, 0.4) is 0 Å². The van der Waals surface area contributed by atoms with Crippen molar-refractivity contribution in [3.8, 4) is 0 Å². The first-order valence-electron chi connectivity index (χ1n) is 27.7. The number of aliphatic carboxylic acids is 1. The molecule has 0 saturated heterocycles. The lowest BCUT2D eigenvalue weighted by molar-refractivity contribution is -0.870. The third kappa shape index (κ3) is 53.3. The summed E-state index contributed by atoms with van der Waals surface area (Å²) in [6, 6.07) is 0. The van der Waals surface area contributed by atoms with E-state index in [2.05, 4.69) is 135 Å². The van der Waals surface area contributed by atoms with Crippen LogP contribution in [0.5, 0.6) is 0 Å². The maximum Gasteiger partial charge on any atom is 0.306 e. The summed E-state index contributed by atoms with van der Waals surface area (Å²) in [7, 11) is 5.89. The number of carboxylic acid groups (broad SMARTS) is 1. The van der Waals surface area contributed by atoms with Crippen LogP contribution in [0.2, 0.25) is 0 Å². The fraction of sp³-hybridized carbons (Fsp3) is 0.629. The first kappa shape index (κ1) is 66.7. The lowest BCUT2D eigenvalue weighted by atomic mass is 10.1. The molecule has 0 heterocycles. The summed E-state index contributed by atoms with van der Waals surface area (Å²) < 4.78 is 22.6. The number of esters is 2. The number of ether oxygens (including phenoxy) is 4. The summed E-state index contributed by atoms with van der Waals surface area (Å²) >= 11 is 0. The highest BCUT2D eigenvalue weighted by Crippen LogP contribution is 2.13. The number of unbranched alkanes of at least 4 members (excludes halogenated alkanes) is 14. The molecule has 0 fully saturated rings. The molecule has 0 spiro atoms. The molecule has 402 valence electrons. The number of likely N-dealkylation sites (N-methyl/N-ethyl adjacent to an activating group) is 1. The van der Waals surface area contributed by atoms with E-state index < -0.39 is 24.3 Å². The highest BCUT2D eigenvalue weighted by molar-refractivity contribution is 5.70. The van der Waals surface area contributed by atoms with E-state index in [9.17, 15) is 19.5 Å². The molecule has 0 N–H and O–H groups in total. The van der Waals surface area contributed by atoms with Crippen LogP contribution in [0.1, 0.15) is 194 Å². The van der Waals surface area contributed by atoms with Gasteiger partial charge in [-0.25, -0.2) is 0 Å². The van der Waals surface area contributed by atoms with Crippen LogP contribution < -0.4 is 5.11 Å². The molecule has 9 nitrogen and oxygen atoms in total. The van der Waals surface area contributed by atoms with Crippen LogP contribution in [0.15, 0.2) is 122 Å². The Hall–Kier alpha value is -4.31. The fourth-order valence-corrected chi connectivity index (χ4v) is 6.93. The topological polar surface area (TPSA) is 111 Å². The number of carbonyl (C=O) groups excluding carboxylic acids is 3. The Bertz CT molecular complexity index is 1570. The van der Waals surface area contributed by atoms with E-state index in [0.717, 1.165) is 116 Å². The molecule has 0 radical (unpaired) electrons. The zero-order valence-corrected chi connectivity index (χ0v) is 45.5. The number of carboxylic acids is 1. The molecule has 0 rings (SSSR count). The highest BCUT2D eigenvalue weighted by Gasteiger charge is 2.22. The normalized spacial score (nSPS) is 13.8. The van der Waals surface area contributed by atoms with Crippen LogP contribution in [-0.2, 0) is 33.3 Å². The molecule has 0 saturated carbocycles. The van der Waals surface area contributed by atoms with Gasteiger partial charge >= 0.3 is 11.9 Å². The van der Waals surface area contributed by atoms with Gasteiger partial charge in [-0.3, -0.25) is 9.59 Å². The van der Waals surface area contributed by atoms with Crippen LogP contribution >= 0.6 is 0 Å². The number of rotatable bonds is 49. The van der Waals surface area contributed by atoms with Crippen LogP contribution in [0.4, 0.5) is 0 Å². The molecule has 0 aromatic carbocycles. The van der Waals surface area contributed by atoms with Gasteiger partial charge in [-0.15, -0.1) is 0 Å². The van der Waals surface area contributed by atoms with Crippen LogP contribution in [0.25, 0.3) is 0 Å². The minimum atomic E-state index is -1.64. The number of carbonyl (C=O) groups is 3. The van der Waals surface area contributed by atoms with E-state index in [1.807, 2.05) is 21.1 Å². The van der Waals surface area contributed by atoms with Gasteiger partial charge in [0.25, 0.3) is 0 Å². The number of hydrogen-bond acceptors (Lipinski definition) is 8. The molecule has 0 aliphatic rings. The van der Waals surface area contributed by atoms with Crippen molar-refractivity contribution >= 4 is 17.9 Å². The quantitative estimate of drug-likeness (QED) is 0.0195. The van der Waals surface area contributed by atoms with E-state index in [0.29, 0.717) is 17.4 Å². The van der Waals surface area contributed by atoms with Gasteiger partial charge in [-0.2, -0.15) is 0 Å². The average molecular weight is 988 g/mol. The molecular weight excluding hydrogens is 887 g/mol. The Balaban J connectivity index is 4.39. The Morgan fingerprint density at radius 2 is 0.803 bits per heavy atom. The molecule has 0 aromatic heterocycles. The number of quaternary nitrogens is 1. The minimum Gasteiger partial charge on any atom is -0.545 e. The molecule has 9 heteroatoms. The molecule has 0 bridgehead atoms. The van der Waals surface area contributed by atoms with Gasteiger partial charge < -0.3 is 33.3 Å². The molecule has 0 amide bonds. The number of allylic oxidation sites excluding steroid dienone is 20. The number of hydrogen-bond donors (Lipinski definition) is 0. The van der Waals surface area contributed by atoms with Gasteiger partial charge in [0.2, 0.25) is 0 Å². The van der Waals surface area contributed by atoms with Crippen LogP contribution in [0, 0.1) is 0 Å². The monoisotopic (exact) mass is 988 g/mol. The minimum absolute atomic E-state index is 0.134. The van der Waals surface area contributed by atoms with Crippen molar-refractivity contribution < 1.29 is 42.9 Å². The first-order chi connectivity index (χ1) is 34.6. The third-order valence-electron chi connectivity index (χ3n) is 11.2. The van der Waals surface area contributed by atoms with Crippen molar-refractivity contribution in [1.82, 2.24) is 0 Å². The zero-order chi connectivity index (χ0) is 52.0. The first-order valence-corrected chi connectivity index (χ1v) is 27.7. The summed E-state index contributed by atoms with van der Waals surface area (Å²) in [6.07, 6.45) is 69.5. The van der Waals surface area contributed by atoms with E-state index in [1.165, 1.54) is 44.9 Å². The second-order valence-corrected chi connectivity index (χ2v) is 19.1. The molecule has 0 aromatic rings. The summed E-state index contributed by atoms with van der Waals surface area (Å²) in [5.74, 6) is -2.34. The summed E-state index contributed by atoms with van der Waals surface area (Å²) in [4.78, 5) is 37.2. The van der Waals surface area contributed by atoms with Gasteiger partial charge in [-0.1, -0.05) is 193 Å². The van der Waals surface area contributed by atoms with Gasteiger partial charge in [0.1, 0.15) is 13.2 Å². The van der Waals surface area contributed by atoms with Crippen LogP contribution in [-0.4, -0.2) is 82.3 Å². The van der Waals surface area contributed by atoms with Crippen molar-refractivity contribution in [3.63, 3.8) is 0 Å². The second-order valence-electron chi connectivity index (χ2n) is 19.1. The fourth-order valence-electron chi connectivity index (χ4n) is 6.93. The lowest BCUT2D eigenvalue weighted by Gasteiger charge is -2.26. The Morgan fingerprint density at radius 1 is 0.437 bits per heavy atom. The Kier molecular flexibility index (Phi) is 48.9. The third-order valence-corrected chi connectivity index (χ3v) is 11.2. The standard InChI is InChI=1S/C62H101NO8/c1-6-8-10-12-14-16-18-20-22-24-25-26-27-28-29-30-31-32-33-34-35-37-39-41-43-45-47-49-51-53-60(65)71-58(57-70-62(61(66)67)68-55-54-63(3,4)5)56-69-59(64)52-50-48-46-44-42-40-38-36-23-21-19-17-15-13-11-9-7-2/h8,10,14-17,20-23,25-26,28-29,31-32,34-35,39,41,58,62H,6-7,9,11-13,18-19,24,27,30,33,36-38,40,42-57H2,1-5H3/b10-8-,16-14-,17-15-,22-20-,23-21-,26-25-,29-28-,32-31-,35-34-,41-39-. The number of nitrogens with zero attached hydrogens (tertiary/aromatic N) is 1. The van der Waals surface area contributed by atoms with Gasteiger partial charge in [0.05, 0.1) is 40.3 Å². The van der Waals surface area contributed by atoms with Crippen molar-refractivity contribution in [2.75, 3.05) is 47.5 Å².